The van der Waals surface area contributed by atoms with Crippen molar-refractivity contribution in [3.8, 4) is 23.6 Å². The van der Waals surface area contributed by atoms with Gasteiger partial charge in [0, 0.05) is 0 Å². The molecule has 0 radical (unpaired) electrons. The number of hydrogen-bond donors (Lipinski definition) is 0. The lowest BCUT2D eigenvalue weighted by Crippen LogP contribution is -2.11. The highest BCUT2D eigenvalue weighted by atomic mass is 19.4. The van der Waals surface area contributed by atoms with E-state index in [9.17, 15) is 26.3 Å². The Bertz CT molecular complexity index is 939. The van der Waals surface area contributed by atoms with Gasteiger partial charge in [0.2, 0.25) is 0 Å². The summed E-state index contributed by atoms with van der Waals surface area (Å²) in [6, 6.07) is 9.18. The summed E-state index contributed by atoms with van der Waals surface area (Å²) in [5.74, 6) is -0.0231. The van der Waals surface area contributed by atoms with Crippen molar-refractivity contribution in [2.24, 2.45) is 5.92 Å². The first-order valence-electron chi connectivity index (χ1n) is 10.4. The van der Waals surface area contributed by atoms with E-state index in [2.05, 4.69) is 0 Å². The maximum absolute atomic E-state index is 13.0. The number of nitrogens with zero attached hydrogens (tertiary/aromatic N) is 2. The second-order valence-electron chi connectivity index (χ2n) is 7.01. The van der Waals surface area contributed by atoms with E-state index in [1.54, 1.807) is 0 Å². The minimum absolute atomic E-state index is 0.0101. The SMILES string of the molecule is CC.CC(CCOc1ccc(C#N)c(C(F)(F)F)c1)CCOc1ccc(C#N)c(C(F)(F)F)c1. The van der Waals surface area contributed by atoms with E-state index < -0.39 is 34.6 Å². The average Bonchev–Trinajstić information content (AvgIpc) is 2.79. The van der Waals surface area contributed by atoms with Gasteiger partial charge in [-0.1, -0.05) is 20.8 Å². The van der Waals surface area contributed by atoms with Crippen LogP contribution in [0.25, 0.3) is 0 Å². The molecule has 0 saturated carbocycles. The van der Waals surface area contributed by atoms with E-state index in [1.807, 2.05) is 20.8 Å². The van der Waals surface area contributed by atoms with Crippen molar-refractivity contribution in [3.05, 3.63) is 58.7 Å². The van der Waals surface area contributed by atoms with Crippen LogP contribution in [-0.2, 0) is 12.4 Å². The summed E-state index contributed by atoms with van der Waals surface area (Å²) in [5, 5.41) is 17.6. The summed E-state index contributed by atoms with van der Waals surface area (Å²) in [6.45, 7) is 6.06. The predicted octanol–water partition coefficient (Wildman–Crippen LogP) is 7.37. The van der Waals surface area contributed by atoms with Crippen LogP contribution in [0.2, 0.25) is 0 Å². The topological polar surface area (TPSA) is 66.0 Å². The Morgan fingerprint density at radius 3 is 1.38 bits per heavy atom. The monoisotopic (exact) mass is 486 g/mol. The standard InChI is InChI=1S/C22H18F6N2O2.C2H6/c1-14(6-8-31-17-4-2-15(12-29)19(10-17)21(23,24)25)7-9-32-18-5-3-16(13-30)20(11-18)22(26,27)28;1-2/h2-5,10-11,14H,6-9H2,1H3;1-2H3. The van der Waals surface area contributed by atoms with Crippen LogP contribution in [0.15, 0.2) is 36.4 Å². The Labute approximate surface area is 194 Å². The summed E-state index contributed by atoms with van der Waals surface area (Å²) in [4.78, 5) is 0. The van der Waals surface area contributed by atoms with Gasteiger partial charge in [0.05, 0.1) is 47.6 Å². The molecule has 0 amide bonds. The number of ether oxygens (including phenoxy) is 2. The molecule has 0 N–H and O–H groups in total. The van der Waals surface area contributed by atoms with Crippen molar-refractivity contribution in [2.45, 2.75) is 46.0 Å². The van der Waals surface area contributed by atoms with E-state index >= 15 is 0 Å². The Morgan fingerprint density at radius 1 is 0.735 bits per heavy atom. The molecule has 0 aromatic heterocycles. The Hall–Kier alpha value is -3.40. The largest absolute Gasteiger partial charge is 0.494 e. The van der Waals surface area contributed by atoms with Gasteiger partial charge < -0.3 is 9.47 Å². The molecule has 0 aliphatic carbocycles. The zero-order valence-corrected chi connectivity index (χ0v) is 18.8. The molecule has 34 heavy (non-hydrogen) atoms. The molecule has 4 nitrogen and oxygen atoms in total. The van der Waals surface area contributed by atoms with Crippen LogP contribution in [0.1, 0.15) is 55.9 Å². The van der Waals surface area contributed by atoms with Crippen LogP contribution in [-0.4, -0.2) is 13.2 Å². The molecule has 2 aromatic rings. The van der Waals surface area contributed by atoms with Crippen molar-refractivity contribution in [1.29, 1.82) is 10.5 Å². The van der Waals surface area contributed by atoms with E-state index in [1.165, 1.54) is 24.3 Å². The molecule has 0 fully saturated rings. The molecule has 10 heteroatoms. The molecular weight excluding hydrogens is 462 g/mol. The summed E-state index contributed by atoms with van der Waals surface area (Å²) in [6.07, 6.45) is -8.42. The fourth-order valence-corrected chi connectivity index (χ4v) is 2.79. The molecule has 184 valence electrons. The number of benzene rings is 2. The van der Waals surface area contributed by atoms with Crippen molar-refractivity contribution in [1.82, 2.24) is 0 Å². The number of rotatable bonds is 8. The zero-order valence-electron chi connectivity index (χ0n) is 18.8. The van der Waals surface area contributed by atoms with E-state index in [-0.39, 0.29) is 30.6 Å². The molecule has 0 unspecified atom stereocenters. The van der Waals surface area contributed by atoms with Crippen LogP contribution in [0.4, 0.5) is 26.3 Å². The quantitative estimate of drug-likeness (QED) is 0.366. The smallest absolute Gasteiger partial charge is 0.417 e. The van der Waals surface area contributed by atoms with Gasteiger partial charge >= 0.3 is 12.4 Å². The number of nitriles is 2. The molecule has 0 spiro atoms. The van der Waals surface area contributed by atoms with Crippen LogP contribution in [0.3, 0.4) is 0 Å². The van der Waals surface area contributed by atoms with Crippen LogP contribution in [0, 0.1) is 28.6 Å². The lowest BCUT2D eigenvalue weighted by atomic mass is 10.1. The summed E-state index contributed by atoms with van der Waals surface area (Å²) < 4.78 is 88.6. The van der Waals surface area contributed by atoms with Crippen molar-refractivity contribution < 1.29 is 35.8 Å². The van der Waals surface area contributed by atoms with Crippen molar-refractivity contribution in [2.75, 3.05) is 13.2 Å². The predicted molar refractivity (Wildman–Crippen MR) is 113 cm³/mol. The van der Waals surface area contributed by atoms with E-state index in [0.29, 0.717) is 12.8 Å². The number of hydrogen-bond acceptors (Lipinski definition) is 4. The third kappa shape index (κ3) is 8.51. The summed E-state index contributed by atoms with van der Waals surface area (Å²) in [5.41, 5.74) is -3.13. The third-order valence-electron chi connectivity index (χ3n) is 4.59. The molecule has 0 atom stereocenters. The average molecular weight is 486 g/mol. The van der Waals surface area contributed by atoms with Crippen LogP contribution in [0.5, 0.6) is 11.5 Å². The van der Waals surface area contributed by atoms with Crippen LogP contribution >= 0.6 is 0 Å². The molecule has 0 aliphatic rings. The van der Waals surface area contributed by atoms with Gasteiger partial charge in [0.1, 0.15) is 11.5 Å². The minimum Gasteiger partial charge on any atom is -0.494 e. The lowest BCUT2D eigenvalue weighted by molar-refractivity contribution is -0.138. The molecule has 0 saturated heterocycles. The first kappa shape index (κ1) is 28.6. The fourth-order valence-electron chi connectivity index (χ4n) is 2.79. The first-order chi connectivity index (χ1) is 16.0. The molecule has 0 aliphatic heterocycles. The molecule has 2 aromatic carbocycles. The van der Waals surface area contributed by atoms with E-state index in [0.717, 1.165) is 24.3 Å². The maximum Gasteiger partial charge on any atom is 0.417 e. The lowest BCUT2D eigenvalue weighted by Gasteiger charge is -2.15. The minimum atomic E-state index is -4.67. The van der Waals surface area contributed by atoms with Gasteiger partial charge in [-0.15, -0.1) is 0 Å². The molecule has 0 heterocycles. The van der Waals surface area contributed by atoms with Crippen LogP contribution < -0.4 is 9.47 Å². The van der Waals surface area contributed by atoms with Gasteiger partial charge in [0.15, 0.2) is 0 Å². The Kier molecular flexibility index (Phi) is 10.7. The third-order valence-corrected chi connectivity index (χ3v) is 4.59. The second kappa shape index (κ2) is 12.7. The molecule has 2 rings (SSSR count). The molecule has 0 bridgehead atoms. The van der Waals surface area contributed by atoms with E-state index in [4.69, 9.17) is 20.0 Å². The van der Waals surface area contributed by atoms with Gasteiger partial charge in [-0.05, 0) is 55.2 Å². The van der Waals surface area contributed by atoms with Gasteiger partial charge in [-0.2, -0.15) is 36.9 Å². The van der Waals surface area contributed by atoms with Gasteiger partial charge in [0.25, 0.3) is 0 Å². The second-order valence-corrected chi connectivity index (χ2v) is 7.01. The fraction of sp³-hybridized carbons (Fsp3) is 0.417. The van der Waals surface area contributed by atoms with Crippen molar-refractivity contribution >= 4 is 0 Å². The Balaban J connectivity index is 0.00000281. The highest BCUT2D eigenvalue weighted by Crippen LogP contribution is 2.35. The summed E-state index contributed by atoms with van der Waals surface area (Å²) in [7, 11) is 0. The van der Waals surface area contributed by atoms with Crippen molar-refractivity contribution in [3.63, 3.8) is 0 Å². The normalized spacial score (nSPS) is 11.2. The highest BCUT2D eigenvalue weighted by Gasteiger charge is 2.35. The van der Waals surface area contributed by atoms with Gasteiger partial charge in [-0.25, -0.2) is 0 Å². The zero-order chi connectivity index (χ0) is 25.9. The molecular formula is C24H24F6N2O2. The number of halogens is 6. The Morgan fingerprint density at radius 2 is 1.09 bits per heavy atom. The summed E-state index contributed by atoms with van der Waals surface area (Å²) >= 11 is 0. The number of alkyl halides is 6. The van der Waals surface area contributed by atoms with Gasteiger partial charge in [-0.3, -0.25) is 0 Å². The maximum atomic E-state index is 13.0. The highest BCUT2D eigenvalue weighted by molar-refractivity contribution is 5.45. The first-order valence-corrected chi connectivity index (χ1v) is 10.4.